The summed E-state index contributed by atoms with van der Waals surface area (Å²) in [6.45, 7) is 3.75. The number of rotatable bonds is 7. The van der Waals surface area contributed by atoms with Gasteiger partial charge in [0.05, 0.1) is 36.1 Å². The van der Waals surface area contributed by atoms with Gasteiger partial charge in [-0.2, -0.15) is 0 Å². The monoisotopic (exact) mass is 519 g/mol. The maximum absolute atomic E-state index is 13.5. The standard InChI is InChI=1S/C25H25N2O7P.Na/c1-4-6-7-14-8-9-19-15(10-14)22(32-3)16-12-27-20(21(16)26-19)11-18-17(23(27)28)13-33-24(29)25(18,5-2)34-35(30)31;/h8-11H,4-7,12-13H2,1-3H3;/q;+1/t25-;/m0./s1. The van der Waals surface area contributed by atoms with Gasteiger partial charge in [-0.15, -0.1) is 4.52 Å². The molecule has 0 aliphatic carbocycles. The van der Waals surface area contributed by atoms with Crippen LogP contribution in [0.3, 0.4) is 0 Å². The van der Waals surface area contributed by atoms with Gasteiger partial charge in [0.25, 0.3) is 5.56 Å². The quantitative estimate of drug-likeness (QED) is 0.197. The zero-order valence-corrected chi connectivity index (χ0v) is 23.6. The Hall–Kier alpha value is -2.13. The molecular formula is C25H25N2NaO7P+. The Bertz CT molecular complexity index is 1450. The van der Waals surface area contributed by atoms with E-state index in [-0.39, 0.29) is 65.8 Å². The Morgan fingerprint density at radius 1 is 1.22 bits per heavy atom. The molecule has 0 amide bonds. The van der Waals surface area contributed by atoms with E-state index in [2.05, 4.69) is 13.0 Å². The fourth-order valence-electron chi connectivity index (χ4n) is 5.13. The van der Waals surface area contributed by atoms with Crippen molar-refractivity contribution in [2.24, 2.45) is 0 Å². The first kappa shape index (κ1) is 26.9. The molecule has 9 nitrogen and oxygen atoms in total. The van der Waals surface area contributed by atoms with Crippen molar-refractivity contribution >= 4 is 25.1 Å². The van der Waals surface area contributed by atoms with E-state index in [1.165, 1.54) is 5.56 Å². The predicted molar refractivity (Wildman–Crippen MR) is 126 cm³/mol. The number of hydrogen-bond acceptors (Lipinski definition) is 8. The topological polar surface area (TPSA) is 120 Å². The van der Waals surface area contributed by atoms with Crippen LogP contribution in [0.4, 0.5) is 0 Å². The normalized spacial score (nSPS) is 18.1. The maximum Gasteiger partial charge on any atom is 1.00 e. The minimum Gasteiger partial charge on any atom is -0.566 e. The first-order valence-electron chi connectivity index (χ1n) is 11.6. The second kappa shape index (κ2) is 10.3. The van der Waals surface area contributed by atoms with E-state index in [9.17, 15) is 19.0 Å². The molecule has 4 heterocycles. The van der Waals surface area contributed by atoms with E-state index in [0.717, 1.165) is 35.7 Å². The molecule has 0 saturated heterocycles. The number of unbranched alkanes of at least 4 members (excludes halogenated alkanes) is 1. The first-order valence-corrected chi connectivity index (χ1v) is 12.7. The molecule has 0 bridgehead atoms. The van der Waals surface area contributed by atoms with Crippen LogP contribution in [-0.4, -0.2) is 22.6 Å². The predicted octanol–water partition coefficient (Wildman–Crippen LogP) is 0.477. The number of carbonyl (C=O) groups excluding carboxylic acids is 1. The molecule has 0 saturated carbocycles. The van der Waals surface area contributed by atoms with Gasteiger partial charge in [0.1, 0.15) is 12.4 Å². The van der Waals surface area contributed by atoms with Gasteiger partial charge in [-0.05, 0) is 47.6 Å². The van der Waals surface area contributed by atoms with E-state index < -0.39 is 19.8 Å². The van der Waals surface area contributed by atoms with Gasteiger partial charge in [0, 0.05) is 16.5 Å². The number of carbonyl (C=O) groups is 1. The summed E-state index contributed by atoms with van der Waals surface area (Å²) in [5.41, 5.74) is 1.84. The summed E-state index contributed by atoms with van der Waals surface area (Å²) < 4.78 is 29.2. The summed E-state index contributed by atoms with van der Waals surface area (Å²) in [6, 6.07) is 7.71. The van der Waals surface area contributed by atoms with E-state index in [1.807, 2.05) is 12.1 Å². The molecule has 0 radical (unpaired) electrons. The second-order valence-electron chi connectivity index (χ2n) is 8.81. The third-order valence-corrected chi connectivity index (χ3v) is 7.38. The number of methoxy groups -OCH3 is 1. The number of hydrogen-bond donors (Lipinski definition) is 0. The number of aryl methyl sites for hydroxylation is 1. The van der Waals surface area contributed by atoms with Crippen molar-refractivity contribution in [1.82, 2.24) is 9.55 Å². The van der Waals surface area contributed by atoms with Crippen LogP contribution >= 0.6 is 8.25 Å². The molecule has 1 unspecified atom stereocenters. The molecular weight excluding hydrogens is 494 g/mol. The maximum atomic E-state index is 13.5. The van der Waals surface area contributed by atoms with Crippen LogP contribution in [0.1, 0.15) is 55.4 Å². The molecule has 0 fully saturated rings. The van der Waals surface area contributed by atoms with E-state index in [1.54, 1.807) is 24.7 Å². The zero-order chi connectivity index (χ0) is 24.9. The fourth-order valence-corrected chi connectivity index (χ4v) is 5.68. The van der Waals surface area contributed by atoms with Crippen LogP contribution in [0.2, 0.25) is 0 Å². The molecule has 1 aromatic carbocycles. The molecule has 2 aliphatic heterocycles. The molecule has 36 heavy (non-hydrogen) atoms. The smallest absolute Gasteiger partial charge is 0.566 e. The molecule has 5 rings (SSSR count). The van der Waals surface area contributed by atoms with Gasteiger partial charge < -0.3 is 18.9 Å². The van der Waals surface area contributed by atoms with Gasteiger partial charge in [0.15, 0.2) is 0 Å². The van der Waals surface area contributed by atoms with Crippen LogP contribution < -0.4 is 44.7 Å². The number of fused-ring (bicyclic) bond motifs is 5. The number of esters is 1. The third-order valence-electron chi connectivity index (χ3n) is 6.92. The summed E-state index contributed by atoms with van der Waals surface area (Å²) in [7, 11) is -1.79. The van der Waals surface area contributed by atoms with Crippen molar-refractivity contribution < 1.29 is 57.8 Å². The Kier molecular flexibility index (Phi) is 7.72. The van der Waals surface area contributed by atoms with Crippen LogP contribution in [0, 0.1) is 0 Å². The Morgan fingerprint density at radius 3 is 2.67 bits per heavy atom. The molecule has 0 spiro atoms. The van der Waals surface area contributed by atoms with E-state index in [0.29, 0.717) is 17.1 Å². The van der Waals surface area contributed by atoms with Crippen LogP contribution in [0.25, 0.3) is 22.3 Å². The SMILES string of the molecule is CCCCc1ccc2nc3c(c(OC)c2c1)Cn1c-3cc2c(c1=O)COC(=O)[C@@]2(CC)O[P+](=O)[O-].[Na+]. The van der Waals surface area contributed by atoms with Gasteiger partial charge in [-0.3, -0.25) is 4.79 Å². The average molecular weight is 519 g/mol. The number of nitrogens with zero attached hydrogens (tertiary/aromatic N) is 2. The Morgan fingerprint density at radius 2 is 2.00 bits per heavy atom. The Balaban J connectivity index is 0.00000304. The van der Waals surface area contributed by atoms with Crippen LogP contribution in [0.5, 0.6) is 5.75 Å². The number of benzene rings is 1. The molecule has 11 heteroatoms. The first-order chi connectivity index (χ1) is 16.8. The summed E-state index contributed by atoms with van der Waals surface area (Å²) in [5, 5.41) is 0.874. The zero-order valence-electron chi connectivity index (χ0n) is 20.8. The number of cyclic esters (lactones) is 1. The Labute approximate surface area is 231 Å². The summed E-state index contributed by atoms with van der Waals surface area (Å²) in [5.74, 6) is -0.185. The van der Waals surface area contributed by atoms with Gasteiger partial charge in [-0.1, -0.05) is 26.3 Å². The minimum atomic E-state index is -3.38. The minimum absolute atomic E-state index is 0. The second-order valence-corrected chi connectivity index (χ2v) is 9.44. The van der Waals surface area contributed by atoms with Gasteiger partial charge in [-0.25, -0.2) is 9.78 Å². The number of pyridine rings is 2. The van der Waals surface area contributed by atoms with Gasteiger partial charge in [0.2, 0.25) is 5.60 Å². The molecule has 2 aliphatic rings. The average Bonchev–Trinajstić information content (AvgIpc) is 3.21. The van der Waals surface area contributed by atoms with Gasteiger partial charge >= 0.3 is 43.8 Å². The van der Waals surface area contributed by atoms with Crippen molar-refractivity contribution in [3.63, 3.8) is 0 Å². The molecule has 0 N–H and O–H groups in total. The van der Waals surface area contributed by atoms with Crippen molar-refractivity contribution in [2.45, 2.75) is 58.3 Å². The van der Waals surface area contributed by atoms with E-state index >= 15 is 0 Å². The van der Waals surface area contributed by atoms with Crippen molar-refractivity contribution in [1.29, 1.82) is 0 Å². The summed E-state index contributed by atoms with van der Waals surface area (Å²) in [6.07, 6.45) is 3.10. The van der Waals surface area contributed by atoms with Crippen molar-refractivity contribution in [3.05, 3.63) is 56.9 Å². The fraction of sp³-hybridized carbons (Fsp3) is 0.400. The number of ether oxygens (including phenoxy) is 2. The van der Waals surface area contributed by atoms with Crippen LogP contribution in [0.15, 0.2) is 29.1 Å². The van der Waals surface area contributed by atoms with Crippen molar-refractivity contribution in [2.75, 3.05) is 7.11 Å². The largest absolute Gasteiger partial charge is 1.00 e. The summed E-state index contributed by atoms with van der Waals surface area (Å²) in [4.78, 5) is 42.6. The number of aromatic nitrogens is 2. The molecule has 2 atom stereocenters. The molecule has 3 aromatic rings. The van der Waals surface area contributed by atoms with E-state index in [4.69, 9.17) is 19.0 Å². The molecule has 2 aromatic heterocycles. The van der Waals surface area contributed by atoms with Crippen molar-refractivity contribution in [3.8, 4) is 17.1 Å². The third kappa shape index (κ3) is 4.12. The molecule has 182 valence electrons. The van der Waals surface area contributed by atoms with Crippen LogP contribution in [-0.2, 0) is 43.8 Å². The summed E-state index contributed by atoms with van der Waals surface area (Å²) >= 11 is 0.